The lowest BCUT2D eigenvalue weighted by atomic mass is 10.2. The van der Waals surface area contributed by atoms with Gasteiger partial charge in [0.05, 0.1) is 15.7 Å². The minimum Gasteiger partial charge on any atom is -0.449 e. The van der Waals surface area contributed by atoms with Gasteiger partial charge in [0.2, 0.25) is 0 Å². The molecule has 0 unspecified atom stereocenters. The standard InChI is InChI=1S/C15H17Cl2N3O/c1-11-18-12(10-21-11)9-19-4-6-20(7-5-19)13-2-3-14(16)15(17)8-13/h2-3,8,10H,4-7,9H2,1H3. The van der Waals surface area contributed by atoms with Crippen molar-refractivity contribution in [3.05, 3.63) is 46.1 Å². The molecule has 0 amide bonds. The van der Waals surface area contributed by atoms with E-state index >= 15 is 0 Å². The number of nitrogens with zero attached hydrogens (tertiary/aromatic N) is 3. The summed E-state index contributed by atoms with van der Waals surface area (Å²) in [7, 11) is 0. The van der Waals surface area contributed by atoms with Crippen LogP contribution in [0.3, 0.4) is 0 Å². The van der Waals surface area contributed by atoms with E-state index in [1.807, 2.05) is 25.1 Å². The summed E-state index contributed by atoms with van der Waals surface area (Å²) < 4.78 is 5.25. The zero-order chi connectivity index (χ0) is 14.8. The van der Waals surface area contributed by atoms with Gasteiger partial charge in [-0.15, -0.1) is 0 Å². The summed E-state index contributed by atoms with van der Waals surface area (Å²) in [5.74, 6) is 0.722. The fourth-order valence-electron chi connectivity index (χ4n) is 2.56. The van der Waals surface area contributed by atoms with Crippen LogP contribution >= 0.6 is 23.2 Å². The number of halogens is 2. The van der Waals surface area contributed by atoms with Crippen molar-refractivity contribution in [3.63, 3.8) is 0 Å². The second-order valence-electron chi connectivity index (χ2n) is 5.22. The Hall–Kier alpha value is -1.23. The Balaban J connectivity index is 1.58. The van der Waals surface area contributed by atoms with E-state index in [1.165, 1.54) is 0 Å². The van der Waals surface area contributed by atoms with Gasteiger partial charge in [-0.3, -0.25) is 4.90 Å². The molecule has 0 radical (unpaired) electrons. The Morgan fingerprint density at radius 3 is 2.52 bits per heavy atom. The van der Waals surface area contributed by atoms with Gasteiger partial charge in [-0.1, -0.05) is 23.2 Å². The summed E-state index contributed by atoms with van der Waals surface area (Å²) >= 11 is 12.0. The molecule has 0 aliphatic carbocycles. The van der Waals surface area contributed by atoms with Crippen LogP contribution in [-0.4, -0.2) is 36.1 Å². The van der Waals surface area contributed by atoms with Crippen LogP contribution in [0.2, 0.25) is 10.0 Å². The van der Waals surface area contributed by atoms with Crippen LogP contribution in [0.4, 0.5) is 5.69 Å². The molecule has 0 N–H and O–H groups in total. The highest BCUT2D eigenvalue weighted by Crippen LogP contribution is 2.27. The maximum absolute atomic E-state index is 6.08. The summed E-state index contributed by atoms with van der Waals surface area (Å²) in [6.45, 7) is 6.63. The van der Waals surface area contributed by atoms with Gasteiger partial charge < -0.3 is 9.32 Å². The molecule has 112 valence electrons. The monoisotopic (exact) mass is 325 g/mol. The van der Waals surface area contributed by atoms with E-state index in [2.05, 4.69) is 14.8 Å². The van der Waals surface area contributed by atoms with Gasteiger partial charge in [0.15, 0.2) is 5.89 Å². The first-order valence-electron chi connectivity index (χ1n) is 6.95. The normalized spacial score (nSPS) is 16.4. The van der Waals surface area contributed by atoms with Gasteiger partial charge in [-0.2, -0.15) is 0 Å². The summed E-state index contributed by atoms with van der Waals surface area (Å²) in [5.41, 5.74) is 2.12. The lowest BCUT2D eigenvalue weighted by molar-refractivity contribution is 0.247. The van der Waals surface area contributed by atoms with Crippen molar-refractivity contribution in [2.45, 2.75) is 13.5 Å². The lowest BCUT2D eigenvalue weighted by Crippen LogP contribution is -2.46. The van der Waals surface area contributed by atoms with Crippen LogP contribution in [0.1, 0.15) is 11.6 Å². The first-order valence-corrected chi connectivity index (χ1v) is 7.71. The van der Waals surface area contributed by atoms with Gasteiger partial charge in [-0.05, 0) is 18.2 Å². The Morgan fingerprint density at radius 2 is 1.90 bits per heavy atom. The molecule has 2 heterocycles. The molecule has 21 heavy (non-hydrogen) atoms. The van der Waals surface area contributed by atoms with Crippen molar-refractivity contribution in [3.8, 4) is 0 Å². The first kappa shape index (κ1) is 14.7. The average molecular weight is 326 g/mol. The number of aromatic nitrogens is 1. The summed E-state index contributed by atoms with van der Waals surface area (Å²) in [6.07, 6.45) is 1.74. The van der Waals surface area contributed by atoms with E-state index in [9.17, 15) is 0 Å². The molecule has 1 aliphatic heterocycles. The Labute approximate surface area is 134 Å². The second kappa shape index (κ2) is 6.26. The van der Waals surface area contributed by atoms with Crippen molar-refractivity contribution in [1.29, 1.82) is 0 Å². The maximum Gasteiger partial charge on any atom is 0.191 e. The highest BCUT2D eigenvalue weighted by Gasteiger charge is 2.18. The third-order valence-corrected chi connectivity index (χ3v) is 4.43. The molecule has 1 aromatic heterocycles. The zero-order valence-electron chi connectivity index (χ0n) is 11.9. The van der Waals surface area contributed by atoms with Crippen molar-refractivity contribution in [1.82, 2.24) is 9.88 Å². The molecule has 4 nitrogen and oxygen atoms in total. The molecule has 2 aromatic rings. The van der Waals surface area contributed by atoms with Gasteiger partial charge in [0.1, 0.15) is 6.26 Å². The molecule has 1 fully saturated rings. The Kier molecular flexibility index (Phi) is 4.38. The highest BCUT2D eigenvalue weighted by molar-refractivity contribution is 6.42. The van der Waals surface area contributed by atoms with E-state index in [-0.39, 0.29) is 0 Å². The molecular formula is C15H17Cl2N3O. The number of piperazine rings is 1. The minimum atomic E-state index is 0.598. The Morgan fingerprint density at radius 1 is 1.14 bits per heavy atom. The summed E-state index contributed by atoms with van der Waals surface area (Å²) in [5, 5.41) is 1.20. The fraction of sp³-hybridized carbons (Fsp3) is 0.400. The number of hydrogen-bond donors (Lipinski definition) is 0. The van der Waals surface area contributed by atoms with E-state index in [4.69, 9.17) is 27.6 Å². The molecule has 6 heteroatoms. The molecule has 0 bridgehead atoms. The molecular weight excluding hydrogens is 309 g/mol. The molecule has 1 aromatic carbocycles. The lowest BCUT2D eigenvalue weighted by Gasteiger charge is -2.35. The van der Waals surface area contributed by atoms with E-state index < -0.39 is 0 Å². The van der Waals surface area contributed by atoms with Gasteiger partial charge in [-0.25, -0.2) is 4.98 Å². The van der Waals surface area contributed by atoms with Crippen LogP contribution in [0.15, 0.2) is 28.9 Å². The van der Waals surface area contributed by atoms with Gasteiger partial charge in [0.25, 0.3) is 0 Å². The van der Waals surface area contributed by atoms with Crippen LogP contribution in [0.25, 0.3) is 0 Å². The molecule has 1 aliphatic rings. The van der Waals surface area contributed by atoms with E-state index in [1.54, 1.807) is 6.26 Å². The van der Waals surface area contributed by atoms with Crippen LogP contribution in [-0.2, 0) is 6.54 Å². The largest absolute Gasteiger partial charge is 0.449 e. The quantitative estimate of drug-likeness (QED) is 0.862. The molecule has 1 saturated heterocycles. The smallest absolute Gasteiger partial charge is 0.191 e. The van der Waals surface area contributed by atoms with Gasteiger partial charge >= 0.3 is 0 Å². The van der Waals surface area contributed by atoms with Crippen molar-refractivity contribution in [2.24, 2.45) is 0 Å². The van der Waals surface area contributed by atoms with Crippen molar-refractivity contribution >= 4 is 28.9 Å². The summed E-state index contributed by atoms with van der Waals surface area (Å²) in [6, 6.07) is 5.80. The topological polar surface area (TPSA) is 32.5 Å². The number of oxazole rings is 1. The van der Waals surface area contributed by atoms with Crippen molar-refractivity contribution in [2.75, 3.05) is 31.1 Å². The number of anilines is 1. The van der Waals surface area contributed by atoms with E-state index in [0.29, 0.717) is 10.0 Å². The number of hydrogen-bond acceptors (Lipinski definition) is 4. The predicted molar refractivity (Wildman–Crippen MR) is 85.2 cm³/mol. The molecule has 3 rings (SSSR count). The number of benzene rings is 1. The highest BCUT2D eigenvalue weighted by atomic mass is 35.5. The summed E-state index contributed by atoms with van der Waals surface area (Å²) in [4.78, 5) is 9.06. The third kappa shape index (κ3) is 3.51. The SMILES string of the molecule is Cc1nc(CN2CCN(c3ccc(Cl)c(Cl)c3)CC2)co1. The maximum atomic E-state index is 6.08. The molecule has 0 atom stereocenters. The van der Waals surface area contributed by atoms with Crippen LogP contribution in [0, 0.1) is 6.92 Å². The molecule has 0 saturated carbocycles. The average Bonchev–Trinajstić information content (AvgIpc) is 2.88. The Bertz CT molecular complexity index is 621. The second-order valence-corrected chi connectivity index (χ2v) is 6.03. The predicted octanol–water partition coefficient (Wildman–Crippen LogP) is 3.61. The molecule has 0 spiro atoms. The van der Waals surface area contributed by atoms with Crippen LogP contribution < -0.4 is 4.90 Å². The zero-order valence-corrected chi connectivity index (χ0v) is 13.4. The van der Waals surface area contributed by atoms with E-state index in [0.717, 1.165) is 50.0 Å². The van der Waals surface area contributed by atoms with Crippen molar-refractivity contribution < 1.29 is 4.42 Å². The fourth-order valence-corrected chi connectivity index (χ4v) is 2.85. The minimum absolute atomic E-state index is 0.598. The number of aryl methyl sites for hydroxylation is 1. The first-order chi connectivity index (χ1) is 10.1. The van der Waals surface area contributed by atoms with Crippen LogP contribution in [0.5, 0.6) is 0 Å². The number of rotatable bonds is 3. The van der Waals surface area contributed by atoms with Gasteiger partial charge in [0, 0.05) is 45.3 Å². The third-order valence-electron chi connectivity index (χ3n) is 3.69.